The Morgan fingerprint density at radius 1 is 1.33 bits per heavy atom. The summed E-state index contributed by atoms with van der Waals surface area (Å²) in [5.41, 5.74) is 1.19. The molecular formula is C13H12ClNO2S. The van der Waals surface area contributed by atoms with E-state index in [0.717, 1.165) is 5.56 Å². The molecule has 0 saturated carbocycles. The van der Waals surface area contributed by atoms with Crippen LogP contribution in [0.1, 0.15) is 19.4 Å². The molecule has 0 saturated heterocycles. The number of carbonyl (C=O) groups is 1. The van der Waals surface area contributed by atoms with E-state index in [-0.39, 0.29) is 0 Å². The van der Waals surface area contributed by atoms with Crippen LogP contribution < -0.4 is 0 Å². The molecule has 0 fully saturated rings. The zero-order valence-corrected chi connectivity index (χ0v) is 11.6. The molecule has 0 unspecified atom stereocenters. The predicted octanol–water partition coefficient (Wildman–Crippen LogP) is 3.74. The van der Waals surface area contributed by atoms with Gasteiger partial charge in [-0.25, -0.2) is 4.79 Å². The molecule has 0 spiro atoms. The summed E-state index contributed by atoms with van der Waals surface area (Å²) in [6.45, 7) is 4.03. The number of rotatable bonds is 2. The smallest absolute Gasteiger partial charge is 0.364 e. The van der Waals surface area contributed by atoms with Gasteiger partial charge in [-0.1, -0.05) is 49.3 Å². The van der Waals surface area contributed by atoms with Gasteiger partial charge in [0.05, 0.1) is 0 Å². The average molecular weight is 282 g/mol. The van der Waals surface area contributed by atoms with Gasteiger partial charge in [0, 0.05) is 10.3 Å². The van der Waals surface area contributed by atoms with Crippen LogP contribution in [0.5, 0.6) is 0 Å². The average Bonchev–Trinajstić information content (AvgIpc) is 2.61. The summed E-state index contributed by atoms with van der Waals surface area (Å²) in [7, 11) is 0. The summed E-state index contributed by atoms with van der Waals surface area (Å²) in [6.07, 6.45) is 1.69. The Hall–Kier alpha value is -1.26. The highest BCUT2D eigenvalue weighted by atomic mass is 35.5. The number of thioether (sulfide) groups is 1. The number of hydrogen-bond donors (Lipinski definition) is 0. The van der Waals surface area contributed by atoms with Gasteiger partial charge in [-0.2, -0.15) is 4.99 Å². The number of ether oxygens (including phenoxy) is 1. The lowest BCUT2D eigenvalue weighted by Gasteiger charge is -2.00. The first-order valence-corrected chi connectivity index (χ1v) is 6.75. The molecule has 0 N–H and O–H groups in total. The molecule has 2 rings (SSSR count). The summed E-state index contributed by atoms with van der Waals surface area (Å²) >= 11 is 7.22. The largest absolute Gasteiger partial charge is 0.396 e. The summed E-state index contributed by atoms with van der Waals surface area (Å²) in [5.74, 6) is -0.409. The van der Waals surface area contributed by atoms with Crippen molar-refractivity contribution in [3.05, 3.63) is 40.5 Å². The third-order valence-corrected chi connectivity index (χ3v) is 3.21. The molecule has 94 valence electrons. The zero-order valence-electron chi connectivity index (χ0n) is 10.0. The Morgan fingerprint density at radius 3 is 2.61 bits per heavy atom. The fraction of sp³-hybridized carbons (Fsp3) is 0.231. The Balaban J connectivity index is 2.20. The van der Waals surface area contributed by atoms with Gasteiger partial charge < -0.3 is 4.74 Å². The van der Waals surface area contributed by atoms with Crippen molar-refractivity contribution in [1.29, 1.82) is 0 Å². The molecule has 5 heteroatoms. The lowest BCUT2D eigenvalue weighted by atomic mass is 10.2. The number of hydrogen-bond acceptors (Lipinski definition) is 4. The maximum absolute atomic E-state index is 11.6. The van der Waals surface area contributed by atoms with Crippen molar-refractivity contribution in [1.82, 2.24) is 0 Å². The molecule has 3 nitrogen and oxygen atoms in total. The first-order chi connectivity index (χ1) is 8.54. The minimum absolute atomic E-state index is 0.320. The van der Waals surface area contributed by atoms with Crippen LogP contribution in [0.4, 0.5) is 0 Å². The number of benzene rings is 1. The maximum Gasteiger partial charge on any atom is 0.364 e. The van der Waals surface area contributed by atoms with Crippen LogP contribution in [0.15, 0.2) is 35.0 Å². The van der Waals surface area contributed by atoms with Crippen molar-refractivity contribution < 1.29 is 9.53 Å². The van der Waals surface area contributed by atoms with Gasteiger partial charge in [-0.15, -0.1) is 0 Å². The van der Waals surface area contributed by atoms with Crippen molar-refractivity contribution in [3.8, 4) is 0 Å². The van der Waals surface area contributed by atoms with Gasteiger partial charge in [-0.3, -0.25) is 0 Å². The number of cyclic esters (lactones) is 1. The van der Waals surface area contributed by atoms with Crippen molar-refractivity contribution in [2.24, 2.45) is 4.99 Å². The molecular weight excluding hydrogens is 270 g/mol. The second-order valence-electron chi connectivity index (χ2n) is 4.01. The normalized spacial score (nSPS) is 17.2. The summed E-state index contributed by atoms with van der Waals surface area (Å²) in [4.78, 5) is 15.8. The van der Waals surface area contributed by atoms with E-state index in [0.29, 0.717) is 21.2 Å². The Bertz CT molecular complexity index is 520. The molecule has 0 amide bonds. The van der Waals surface area contributed by atoms with E-state index in [1.807, 2.05) is 26.0 Å². The molecule has 18 heavy (non-hydrogen) atoms. The van der Waals surface area contributed by atoms with E-state index in [4.69, 9.17) is 16.3 Å². The monoisotopic (exact) mass is 281 g/mol. The van der Waals surface area contributed by atoms with Crippen LogP contribution in [0.2, 0.25) is 5.02 Å². The van der Waals surface area contributed by atoms with Crippen molar-refractivity contribution in [2.75, 3.05) is 0 Å². The molecule has 0 aromatic heterocycles. The maximum atomic E-state index is 11.6. The quantitative estimate of drug-likeness (QED) is 0.612. The standard InChI is InChI=1S/C13H12ClNO2S/c1-8(2)18-13-15-11(12(16)17-13)7-9-3-5-10(14)6-4-9/h3-8H,1-2H3/b11-7+. The molecule has 1 aromatic rings. The van der Waals surface area contributed by atoms with Crippen molar-refractivity contribution in [3.63, 3.8) is 0 Å². The highest BCUT2D eigenvalue weighted by Gasteiger charge is 2.23. The topological polar surface area (TPSA) is 38.7 Å². The Kier molecular flexibility index (Phi) is 4.09. The van der Waals surface area contributed by atoms with Crippen LogP contribution in [0.3, 0.4) is 0 Å². The lowest BCUT2D eigenvalue weighted by Crippen LogP contribution is -2.03. The van der Waals surface area contributed by atoms with E-state index < -0.39 is 5.97 Å². The zero-order chi connectivity index (χ0) is 13.1. The molecule has 1 aliphatic rings. The van der Waals surface area contributed by atoms with Crippen LogP contribution in [-0.2, 0) is 9.53 Å². The SMILES string of the molecule is CC(C)SC1=N/C(=C/c2ccc(Cl)cc2)C(=O)O1. The van der Waals surface area contributed by atoms with Gasteiger partial charge in [-0.05, 0) is 23.8 Å². The third kappa shape index (κ3) is 3.37. The second kappa shape index (κ2) is 5.59. The fourth-order valence-electron chi connectivity index (χ4n) is 1.36. The molecule has 0 bridgehead atoms. The van der Waals surface area contributed by atoms with E-state index in [9.17, 15) is 4.79 Å². The summed E-state index contributed by atoms with van der Waals surface area (Å²) < 4.78 is 5.06. The van der Waals surface area contributed by atoms with Gasteiger partial charge >= 0.3 is 5.97 Å². The minimum atomic E-state index is -0.409. The number of carbonyl (C=O) groups excluding carboxylic acids is 1. The highest BCUT2D eigenvalue weighted by molar-refractivity contribution is 8.14. The number of esters is 1. The van der Waals surface area contributed by atoms with Gasteiger partial charge in [0.2, 0.25) is 0 Å². The van der Waals surface area contributed by atoms with Crippen LogP contribution >= 0.6 is 23.4 Å². The first kappa shape index (κ1) is 13.2. The predicted molar refractivity (Wildman–Crippen MR) is 75.7 cm³/mol. The Labute approximate surface area is 115 Å². The lowest BCUT2D eigenvalue weighted by molar-refractivity contribution is -0.129. The van der Waals surface area contributed by atoms with Gasteiger partial charge in [0.15, 0.2) is 5.70 Å². The van der Waals surface area contributed by atoms with Crippen molar-refractivity contribution in [2.45, 2.75) is 19.1 Å². The van der Waals surface area contributed by atoms with E-state index >= 15 is 0 Å². The second-order valence-corrected chi connectivity index (χ2v) is 5.98. The van der Waals surface area contributed by atoms with Gasteiger partial charge in [0.25, 0.3) is 5.23 Å². The minimum Gasteiger partial charge on any atom is -0.396 e. The number of halogens is 1. The van der Waals surface area contributed by atoms with Crippen LogP contribution in [0, 0.1) is 0 Å². The van der Waals surface area contributed by atoms with Crippen LogP contribution in [-0.4, -0.2) is 16.4 Å². The highest BCUT2D eigenvalue weighted by Crippen LogP contribution is 2.23. The van der Waals surface area contributed by atoms with E-state index in [1.165, 1.54) is 11.8 Å². The first-order valence-electron chi connectivity index (χ1n) is 5.49. The molecule has 0 atom stereocenters. The molecule has 0 aliphatic carbocycles. The van der Waals surface area contributed by atoms with Crippen molar-refractivity contribution >= 4 is 40.6 Å². The number of aliphatic imine (C=N–C) groups is 1. The van der Waals surface area contributed by atoms with E-state index in [2.05, 4.69) is 4.99 Å². The summed E-state index contributed by atoms with van der Waals surface area (Å²) in [6, 6.07) is 7.18. The van der Waals surface area contributed by atoms with Gasteiger partial charge in [0.1, 0.15) is 0 Å². The summed E-state index contributed by atoms with van der Waals surface area (Å²) in [5, 5.41) is 1.40. The third-order valence-electron chi connectivity index (χ3n) is 2.11. The molecule has 1 aliphatic heterocycles. The molecule has 0 radical (unpaired) electrons. The number of nitrogens with zero attached hydrogens (tertiary/aromatic N) is 1. The van der Waals surface area contributed by atoms with E-state index in [1.54, 1.807) is 18.2 Å². The fourth-order valence-corrected chi connectivity index (χ4v) is 2.16. The molecule has 1 aromatic carbocycles. The molecule has 1 heterocycles. The Morgan fingerprint density at radius 2 is 2.00 bits per heavy atom. The van der Waals surface area contributed by atoms with Crippen LogP contribution in [0.25, 0.3) is 6.08 Å².